The normalized spacial score (nSPS) is 24.5. The van der Waals surface area contributed by atoms with Crippen LogP contribution in [0.1, 0.15) is 90.9 Å². The Labute approximate surface area is 125 Å². The maximum Gasteiger partial charge on any atom is 0.0414 e. The van der Waals surface area contributed by atoms with E-state index in [1.54, 1.807) is 0 Å². The Morgan fingerprint density at radius 1 is 1.05 bits per heavy atom. The van der Waals surface area contributed by atoms with Crippen molar-refractivity contribution in [1.29, 1.82) is 0 Å². The first-order valence-corrected chi connectivity index (χ1v) is 8.81. The van der Waals surface area contributed by atoms with Crippen LogP contribution in [0.25, 0.3) is 0 Å². The van der Waals surface area contributed by atoms with Crippen LogP contribution in [0.3, 0.4) is 0 Å². The Morgan fingerprint density at radius 2 is 1.60 bits per heavy atom. The highest BCUT2D eigenvalue weighted by Gasteiger charge is 2.20. The van der Waals surface area contributed by atoms with Crippen LogP contribution in [0.4, 0.5) is 0 Å². The maximum absolute atomic E-state index is 10.4. The van der Waals surface area contributed by atoms with Gasteiger partial charge in [-0.2, -0.15) is 0 Å². The fourth-order valence-corrected chi connectivity index (χ4v) is 3.57. The van der Waals surface area contributed by atoms with Gasteiger partial charge in [0.05, 0.1) is 0 Å². The van der Waals surface area contributed by atoms with Gasteiger partial charge in [0.15, 0.2) is 0 Å². The molecule has 1 rings (SSSR count). The second kappa shape index (κ2) is 10.2. The Hall–Kier alpha value is -0.530. The molecule has 118 valence electrons. The van der Waals surface area contributed by atoms with E-state index in [0.717, 1.165) is 18.3 Å². The third-order valence-electron chi connectivity index (χ3n) is 5.08. The van der Waals surface area contributed by atoms with Gasteiger partial charge in [-0.15, -0.1) is 0 Å². The third kappa shape index (κ3) is 7.91. The van der Waals surface area contributed by atoms with Crippen LogP contribution in [-0.2, 0) is 4.79 Å². The van der Waals surface area contributed by atoms with Gasteiger partial charge >= 0.3 is 0 Å². The van der Waals surface area contributed by atoms with Crippen molar-refractivity contribution in [3.63, 3.8) is 0 Å². The van der Waals surface area contributed by atoms with E-state index in [2.05, 4.69) is 13.8 Å². The third-order valence-corrected chi connectivity index (χ3v) is 5.08. The number of hydrogen-bond acceptors (Lipinski definition) is 2. The molecule has 1 aliphatic rings. The highest BCUT2D eigenvalue weighted by atomic mass is 16.4. The van der Waals surface area contributed by atoms with Crippen molar-refractivity contribution in [2.45, 2.75) is 90.9 Å². The molecule has 20 heavy (non-hydrogen) atoms. The van der Waals surface area contributed by atoms with Crippen LogP contribution >= 0.6 is 0 Å². The van der Waals surface area contributed by atoms with Crippen molar-refractivity contribution in [3.8, 4) is 0 Å². The van der Waals surface area contributed by atoms with Gasteiger partial charge in [0.25, 0.3) is 0 Å². The van der Waals surface area contributed by atoms with Crippen molar-refractivity contribution in [1.82, 2.24) is 0 Å². The SMILES string of the molecule is CCCCC1CCC(CCC[C@@H](C)CCC(=O)[O-])CC1. The smallest absolute Gasteiger partial charge is 0.0414 e. The van der Waals surface area contributed by atoms with Crippen LogP contribution in [0.15, 0.2) is 0 Å². The second-order valence-corrected chi connectivity index (χ2v) is 6.98. The van der Waals surface area contributed by atoms with Gasteiger partial charge in [0.1, 0.15) is 0 Å². The summed E-state index contributed by atoms with van der Waals surface area (Å²) in [6.45, 7) is 4.46. The van der Waals surface area contributed by atoms with Crippen LogP contribution < -0.4 is 5.11 Å². The summed E-state index contributed by atoms with van der Waals surface area (Å²) in [5.74, 6) is 1.59. The predicted molar refractivity (Wildman–Crippen MR) is 82.2 cm³/mol. The molecule has 0 aromatic heterocycles. The van der Waals surface area contributed by atoms with Crippen LogP contribution in [0.5, 0.6) is 0 Å². The number of aliphatic carboxylic acids is 1. The zero-order valence-corrected chi connectivity index (χ0v) is 13.5. The van der Waals surface area contributed by atoms with E-state index in [1.165, 1.54) is 64.2 Å². The monoisotopic (exact) mass is 281 g/mol. The van der Waals surface area contributed by atoms with E-state index in [4.69, 9.17) is 0 Å². The van der Waals surface area contributed by atoms with E-state index in [9.17, 15) is 9.90 Å². The van der Waals surface area contributed by atoms with Gasteiger partial charge in [-0.3, -0.25) is 0 Å². The van der Waals surface area contributed by atoms with E-state index in [1.807, 2.05) is 0 Å². The van der Waals surface area contributed by atoms with Crippen LogP contribution in [0.2, 0.25) is 0 Å². The Bertz CT molecular complexity index is 254. The summed E-state index contributed by atoms with van der Waals surface area (Å²) in [5.41, 5.74) is 0. The molecule has 0 bridgehead atoms. The molecule has 0 aromatic carbocycles. The molecule has 0 unspecified atom stereocenters. The van der Waals surface area contributed by atoms with Crippen LogP contribution in [-0.4, -0.2) is 5.97 Å². The second-order valence-electron chi connectivity index (χ2n) is 6.98. The summed E-state index contributed by atoms with van der Waals surface area (Å²) in [7, 11) is 0. The van der Waals surface area contributed by atoms with Crippen molar-refractivity contribution < 1.29 is 9.90 Å². The number of rotatable bonds is 10. The summed E-state index contributed by atoms with van der Waals surface area (Å²) in [5, 5.41) is 10.4. The summed E-state index contributed by atoms with van der Waals surface area (Å²) in [4.78, 5) is 10.4. The molecule has 0 spiro atoms. The van der Waals surface area contributed by atoms with E-state index in [0.29, 0.717) is 5.92 Å². The zero-order valence-electron chi connectivity index (χ0n) is 13.5. The summed E-state index contributed by atoms with van der Waals surface area (Å²) >= 11 is 0. The first kappa shape index (κ1) is 17.5. The lowest BCUT2D eigenvalue weighted by Gasteiger charge is -2.28. The number of hydrogen-bond donors (Lipinski definition) is 0. The lowest BCUT2D eigenvalue weighted by atomic mass is 9.77. The molecule has 0 N–H and O–H groups in total. The predicted octanol–water partition coefficient (Wildman–Crippen LogP) is 4.32. The van der Waals surface area contributed by atoms with Gasteiger partial charge in [-0.1, -0.05) is 78.1 Å². The highest BCUT2D eigenvalue weighted by molar-refractivity contribution is 5.64. The van der Waals surface area contributed by atoms with Crippen molar-refractivity contribution in [2.24, 2.45) is 17.8 Å². The van der Waals surface area contributed by atoms with Gasteiger partial charge in [0, 0.05) is 5.97 Å². The lowest BCUT2D eigenvalue weighted by Crippen LogP contribution is -2.22. The Balaban J connectivity index is 2.02. The van der Waals surface area contributed by atoms with Crippen molar-refractivity contribution >= 4 is 5.97 Å². The van der Waals surface area contributed by atoms with Gasteiger partial charge in [0.2, 0.25) is 0 Å². The fraction of sp³-hybridized carbons (Fsp3) is 0.944. The molecule has 0 amide bonds. The van der Waals surface area contributed by atoms with Crippen molar-refractivity contribution in [3.05, 3.63) is 0 Å². The van der Waals surface area contributed by atoms with Gasteiger partial charge in [-0.05, 0) is 30.6 Å². The molecule has 1 saturated carbocycles. The topological polar surface area (TPSA) is 40.1 Å². The molecule has 1 aliphatic carbocycles. The molecule has 0 radical (unpaired) electrons. The minimum absolute atomic E-state index is 0.226. The van der Waals surface area contributed by atoms with E-state index < -0.39 is 5.97 Å². The Morgan fingerprint density at radius 3 is 2.10 bits per heavy atom. The number of carboxylic acid groups (broad SMARTS) is 1. The minimum atomic E-state index is -0.901. The molecule has 0 heterocycles. The summed E-state index contributed by atoms with van der Waals surface area (Å²) in [6.07, 6.45) is 14.8. The average molecular weight is 281 g/mol. The summed E-state index contributed by atoms with van der Waals surface area (Å²) in [6, 6.07) is 0. The maximum atomic E-state index is 10.4. The first-order valence-electron chi connectivity index (χ1n) is 8.81. The lowest BCUT2D eigenvalue weighted by molar-refractivity contribution is -0.306. The van der Waals surface area contributed by atoms with Crippen LogP contribution in [0, 0.1) is 17.8 Å². The van der Waals surface area contributed by atoms with Crippen molar-refractivity contribution in [2.75, 3.05) is 0 Å². The van der Waals surface area contributed by atoms with Gasteiger partial charge < -0.3 is 9.90 Å². The molecule has 2 heteroatoms. The van der Waals surface area contributed by atoms with Gasteiger partial charge in [-0.25, -0.2) is 0 Å². The largest absolute Gasteiger partial charge is 0.550 e. The molecule has 1 fully saturated rings. The number of carbonyl (C=O) groups excluding carboxylic acids is 1. The van der Waals surface area contributed by atoms with E-state index in [-0.39, 0.29) is 6.42 Å². The number of carbonyl (C=O) groups is 1. The quantitative estimate of drug-likeness (QED) is 0.598. The molecular weight excluding hydrogens is 248 g/mol. The molecule has 0 aromatic rings. The molecule has 0 aliphatic heterocycles. The number of unbranched alkanes of at least 4 members (excludes halogenated alkanes) is 1. The standard InChI is InChI=1S/C18H34O2/c1-3-4-7-16-10-12-17(13-11-16)8-5-6-15(2)9-14-18(19)20/h15-17H,3-14H2,1-2H3,(H,19,20)/p-1/t15-,16?,17?/m1/s1. The Kier molecular flexibility index (Phi) is 8.97. The first-order chi connectivity index (χ1) is 9.61. The highest BCUT2D eigenvalue weighted by Crippen LogP contribution is 2.34. The number of carboxylic acids is 1. The minimum Gasteiger partial charge on any atom is -0.550 e. The average Bonchev–Trinajstić information content (AvgIpc) is 2.44. The molecule has 2 nitrogen and oxygen atoms in total. The molecule has 0 saturated heterocycles. The zero-order chi connectivity index (χ0) is 14.8. The summed E-state index contributed by atoms with van der Waals surface area (Å²) < 4.78 is 0. The molecule has 1 atom stereocenters. The van der Waals surface area contributed by atoms with E-state index >= 15 is 0 Å². The fourth-order valence-electron chi connectivity index (χ4n) is 3.57. The molecular formula is C18H33O2-.